The van der Waals surface area contributed by atoms with Crippen molar-refractivity contribution in [2.45, 2.75) is 4.90 Å². The first-order valence-electron chi connectivity index (χ1n) is 11.1. The number of sulfonamides is 1. The maximum absolute atomic E-state index is 13.6. The molecule has 12 nitrogen and oxygen atoms in total. The molecule has 0 heterocycles. The van der Waals surface area contributed by atoms with Crippen LogP contribution in [0, 0.1) is 20.2 Å². The second-order valence-electron chi connectivity index (χ2n) is 8.03. The van der Waals surface area contributed by atoms with E-state index in [0.29, 0.717) is 8.78 Å². The minimum Gasteiger partial charge on any atom is -0.423 e. The van der Waals surface area contributed by atoms with Gasteiger partial charge in [-0.1, -0.05) is 28.1 Å². The normalized spacial score (nSPS) is 10.9. The van der Waals surface area contributed by atoms with Crippen LogP contribution in [-0.4, -0.2) is 30.1 Å². The highest BCUT2D eigenvalue weighted by molar-refractivity contribution is 9.10. The zero-order chi connectivity index (χ0) is 29.0. The highest BCUT2D eigenvalue weighted by Crippen LogP contribution is 2.30. The first-order valence-corrected chi connectivity index (χ1v) is 13.4. The molecule has 0 radical (unpaired) electrons. The van der Waals surface area contributed by atoms with Crippen molar-refractivity contribution in [1.29, 1.82) is 0 Å². The van der Waals surface area contributed by atoms with Crippen LogP contribution in [0.1, 0.15) is 20.7 Å². The summed E-state index contributed by atoms with van der Waals surface area (Å²) in [5, 5.41) is 22.2. The van der Waals surface area contributed by atoms with Crippen LogP contribution in [-0.2, 0) is 10.0 Å². The first-order chi connectivity index (χ1) is 19.0. The van der Waals surface area contributed by atoms with Gasteiger partial charge in [0.05, 0.1) is 26.0 Å². The Hall–Kier alpha value is -4.95. The number of nitrogens with zero attached hydrogens (tertiary/aromatic N) is 3. The number of ether oxygens (including phenoxy) is 1. The standard InChI is InChI=1S/C26H16BrN3O9S/c27-19-7-13-24(14-8-19)40(37,38)28(25(31)17-3-1-5-21(15-17)29(33)34)20-9-11-23(12-10-20)39-26(32)18-4-2-6-22(16-18)30(35)36/h1-16H. The second-order valence-corrected chi connectivity index (χ2v) is 10.7. The van der Waals surface area contributed by atoms with Crippen molar-refractivity contribution < 1.29 is 32.6 Å². The minimum atomic E-state index is -4.52. The summed E-state index contributed by atoms with van der Waals surface area (Å²) < 4.78 is 33.6. The molecular weight excluding hydrogens is 610 g/mol. The molecule has 1 amide bonds. The lowest BCUT2D eigenvalue weighted by atomic mass is 10.2. The van der Waals surface area contributed by atoms with Gasteiger partial charge in [0.25, 0.3) is 27.3 Å². The zero-order valence-corrected chi connectivity index (χ0v) is 22.4. The lowest BCUT2D eigenvalue weighted by Gasteiger charge is -2.23. The topological polar surface area (TPSA) is 167 Å². The first kappa shape index (κ1) is 28.1. The van der Waals surface area contributed by atoms with Crippen LogP contribution in [0.5, 0.6) is 5.75 Å². The van der Waals surface area contributed by atoms with E-state index >= 15 is 0 Å². The molecule has 40 heavy (non-hydrogen) atoms. The number of benzene rings is 4. The van der Waals surface area contributed by atoms with E-state index in [1.54, 1.807) is 0 Å². The van der Waals surface area contributed by atoms with E-state index in [-0.39, 0.29) is 33.1 Å². The third-order valence-corrected chi connectivity index (χ3v) is 7.67. The minimum absolute atomic E-state index is 0.0379. The fraction of sp³-hybridized carbons (Fsp3) is 0. The number of nitro benzene ring substituents is 2. The smallest absolute Gasteiger partial charge is 0.343 e. The number of hydrogen-bond acceptors (Lipinski definition) is 9. The molecule has 0 aromatic heterocycles. The maximum atomic E-state index is 13.6. The molecule has 0 aliphatic heterocycles. The van der Waals surface area contributed by atoms with Gasteiger partial charge >= 0.3 is 5.97 Å². The number of non-ortho nitro benzene ring substituents is 2. The molecule has 14 heteroatoms. The largest absolute Gasteiger partial charge is 0.423 e. The molecule has 0 atom stereocenters. The number of esters is 1. The van der Waals surface area contributed by atoms with Gasteiger partial charge in [0, 0.05) is 34.3 Å². The molecule has 0 saturated carbocycles. The van der Waals surface area contributed by atoms with Crippen LogP contribution in [0.2, 0.25) is 0 Å². The summed E-state index contributed by atoms with van der Waals surface area (Å²) in [5.41, 5.74) is -1.20. The van der Waals surface area contributed by atoms with Crippen LogP contribution in [0.4, 0.5) is 17.1 Å². The van der Waals surface area contributed by atoms with Gasteiger partial charge in [0.1, 0.15) is 5.75 Å². The van der Waals surface area contributed by atoms with Gasteiger partial charge in [0.2, 0.25) is 0 Å². The van der Waals surface area contributed by atoms with Gasteiger partial charge in [-0.15, -0.1) is 0 Å². The lowest BCUT2D eigenvalue weighted by molar-refractivity contribution is -0.385. The van der Waals surface area contributed by atoms with Gasteiger partial charge in [0.15, 0.2) is 0 Å². The zero-order valence-electron chi connectivity index (χ0n) is 20.0. The van der Waals surface area contributed by atoms with E-state index in [1.165, 1.54) is 78.9 Å². The quantitative estimate of drug-likeness (QED) is 0.106. The number of nitro groups is 2. The predicted molar refractivity (Wildman–Crippen MR) is 146 cm³/mol. The summed E-state index contributed by atoms with van der Waals surface area (Å²) in [7, 11) is -4.52. The Labute approximate surface area is 234 Å². The second kappa shape index (κ2) is 11.4. The van der Waals surface area contributed by atoms with Crippen molar-refractivity contribution in [1.82, 2.24) is 0 Å². The Kier molecular flexibility index (Phi) is 8.02. The summed E-state index contributed by atoms with van der Waals surface area (Å²) >= 11 is 3.22. The third-order valence-electron chi connectivity index (χ3n) is 5.41. The van der Waals surface area contributed by atoms with Gasteiger partial charge in [-0.2, -0.15) is 4.31 Å². The predicted octanol–water partition coefficient (Wildman–Crippen LogP) is 5.52. The number of anilines is 1. The highest BCUT2D eigenvalue weighted by Gasteiger charge is 2.32. The van der Waals surface area contributed by atoms with Gasteiger partial charge in [-0.05, 0) is 60.7 Å². The van der Waals surface area contributed by atoms with Crippen molar-refractivity contribution >= 4 is 54.9 Å². The summed E-state index contributed by atoms with van der Waals surface area (Å²) in [5.74, 6) is -2.00. The summed E-state index contributed by atoms with van der Waals surface area (Å²) in [6, 6.07) is 19.9. The average Bonchev–Trinajstić information content (AvgIpc) is 2.94. The number of amides is 1. The van der Waals surface area contributed by atoms with Gasteiger partial charge in [-0.3, -0.25) is 25.0 Å². The Bertz CT molecular complexity index is 1740. The van der Waals surface area contributed by atoms with Gasteiger partial charge in [-0.25, -0.2) is 13.2 Å². The molecule has 4 aromatic rings. The molecular formula is C26H16BrN3O9S. The van der Waals surface area contributed by atoms with E-state index in [9.17, 15) is 38.2 Å². The van der Waals surface area contributed by atoms with Crippen molar-refractivity contribution in [2.24, 2.45) is 0 Å². The molecule has 4 aromatic carbocycles. The maximum Gasteiger partial charge on any atom is 0.343 e. The number of hydrogen-bond donors (Lipinski definition) is 0. The van der Waals surface area contributed by atoms with Crippen molar-refractivity contribution in [3.05, 3.63) is 133 Å². The molecule has 0 bridgehead atoms. The Morgan fingerprint density at radius 2 is 1.27 bits per heavy atom. The van der Waals surface area contributed by atoms with Crippen LogP contribution in [0.3, 0.4) is 0 Å². The molecule has 0 saturated heterocycles. The molecule has 0 aliphatic rings. The number of carbonyl (C=O) groups excluding carboxylic acids is 2. The molecule has 0 aliphatic carbocycles. The van der Waals surface area contributed by atoms with Crippen LogP contribution < -0.4 is 9.04 Å². The highest BCUT2D eigenvalue weighted by atomic mass is 79.9. The lowest BCUT2D eigenvalue weighted by Crippen LogP contribution is -2.37. The fourth-order valence-corrected chi connectivity index (χ4v) is 5.19. The molecule has 202 valence electrons. The fourth-order valence-electron chi connectivity index (χ4n) is 3.51. The van der Waals surface area contributed by atoms with Gasteiger partial charge < -0.3 is 4.74 Å². The summed E-state index contributed by atoms with van der Waals surface area (Å²) in [4.78, 5) is 46.6. The van der Waals surface area contributed by atoms with E-state index in [0.717, 1.165) is 18.2 Å². The van der Waals surface area contributed by atoms with Crippen LogP contribution in [0.25, 0.3) is 0 Å². The Morgan fingerprint density at radius 1 is 0.750 bits per heavy atom. The molecule has 0 unspecified atom stereocenters. The van der Waals surface area contributed by atoms with Crippen molar-refractivity contribution in [3.8, 4) is 5.75 Å². The SMILES string of the molecule is O=C(Oc1ccc(N(C(=O)c2cccc([N+](=O)[O-])c2)S(=O)(=O)c2ccc(Br)cc2)cc1)c1cccc([N+](=O)[O-])c1. The number of carbonyl (C=O) groups is 2. The Balaban J connectivity index is 1.71. The molecule has 0 spiro atoms. The van der Waals surface area contributed by atoms with E-state index in [1.807, 2.05) is 0 Å². The van der Waals surface area contributed by atoms with Crippen LogP contribution in [0.15, 0.2) is 106 Å². The molecule has 4 rings (SSSR count). The number of halogens is 1. The van der Waals surface area contributed by atoms with E-state index in [4.69, 9.17) is 4.74 Å². The number of rotatable bonds is 8. The van der Waals surface area contributed by atoms with Crippen molar-refractivity contribution in [2.75, 3.05) is 4.31 Å². The van der Waals surface area contributed by atoms with E-state index < -0.39 is 37.4 Å². The van der Waals surface area contributed by atoms with E-state index in [2.05, 4.69) is 15.9 Å². The Morgan fingerprint density at radius 3 is 1.82 bits per heavy atom. The van der Waals surface area contributed by atoms with Crippen LogP contribution >= 0.6 is 15.9 Å². The summed E-state index contributed by atoms with van der Waals surface area (Å²) in [6.07, 6.45) is 0. The third kappa shape index (κ3) is 6.03. The summed E-state index contributed by atoms with van der Waals surface area (Å²) in [6.45, 7) is 0. The van der Waals surface area contributed by atoms with Crippen molar-refractivity contribution in [3.63, 3.8) is 0 Å². The molecule has 0 fully saturated rings. The average molecular weight is 626 g/mol. The monoisotopic (exact) mass is 625 g/mol. The molecule has 0 N–H and O–H groups in total.